The summed E-state index contributed by atoms with van der Waals surface area (Å²) in [4.78, 5) is 30.8. The molecule has 2 aromatic rings. The molecule has 150 valence electrons. The number of carbonyl (C=O) groups excluding carboxylic acids is 2. The van der Waals surface area contributed by atoms with Gasteiger partial charge in [-0.2, -0.15) is 0 Å². The number of ether oxygens (including phenoxy) is 1. The third-order valence-corrected chi connectivity index (χ3v) is 6.15. The summed E-state index contributed by atoms with van der Waals surface area (Å²) in [6, 6.07) is 4.77. The van der Waals surface area contributed by atoms with Gasteiger partial charge in [0.15, 0.2) is 5.78 Å². The maximum absolute atomic E-state index is 13.2. The van der Waals surface area contributed by atoms with Gasteiger partial charge in [0, 0.05) is 35.4 Å². The molecule has 2 aliphatic carbocycles. The largest absolute Gasteiger partial charge is 0.507 e. The number of rotatable bonds is 3. The molecule has 0 fully saturated rings. The Balaban J connectivity index is 1.93. The summed E-state index contributed by atoms with van der Waals surface area (Å²) in [5.41, 5.74) is 2.20. The molecule has 2 N–H and O–H groups in total. The second kappa shape index (κ2) is 7.03. The Morgan fingerprint density at radius 1 is 1.10 bits per heavy atom. The quantitative estimate of drug-likeness (QED) is 0.525. The lowest BCUT2D eigenvalue weighted by Gasteiger charge is -2.30. The van der Waals surface area contributed by atoms with Crippen LogP contribution in [0.3, 0.4) is 0 Å². The number of ketones is 2. The summed E-state index contributed by atoms with van der Waals surface area (Å²) >= 11 is 0. The number of carbonyl (C=O) groups is 2. The lowest BCUT2D eigenvalue weighted by molar-refractivity contribution is 0.0971. The van der Waals surface area contributed by atoms with Gasteiger partial charge in [-0.15, -0.1) is 0 Å². The number of nitrogens with zero attached hydrogens (tertiary/aromatic N) is 1. The van der Waals surface area contributed by atoms with Crippen LogP contribution in [0.25, 0.3) is 0 Å². The predicted octanol–water partition coefficient (Wildman–Crippen LogP) is 3.47. The highest BCUT2D eigenvalue weighted by Crippen LogP contribution is 2.47. The molecular formula is C23H23NO5. The van der Waals surface area contributed by atoms with E-state index in [9.17, 15) is 19.8 Å². The number of hydrogen-bond acceptors (Lipinski definition) is 6. The Morgan fingerprint density at radius 3 is 2.45 bits per heavy atom. The summed E-state index contributed by atoms with van der Waals surface area (Å²) in [6.07, 6.45) is 2.56. The van der Waals surface area contributed by atoms with E-state index in [-0.39, 0.29) is 45.4 Å². The Bertz CT molecular complexity index is 1080. The van der Waals surface area contributed by atoms with Gasteiger partial charge >= 0.3 is 0 Å². The summed E-state index contributed by atoms with van der Waals surface area (Å²) in [6.45, 7) is 2.04. The van der Waals surface area contributed by atoms with E-state index in [1.54, 1.807) is 25.2 Å². The zero-order valence-electron chi connectivity index (χ0n) is 16.7. The number of aromatic hydroxyl groups is 2. The summed E-state index contributed by atoms with van der Waals surface area (Å²) in [5.74, 6) is -0.971. The van der Waals surface area contributed by atoms with Gasteiger partial charge in [0.2, 0.25) is 5.78 Å². The number of aliphatic imine (C=N–C) groups is 1. The van der Waals surface area contributed by atoms with Gasteiger partial charge in [0.05, 0.1) is 23.8 Å². The molecule has 0 saturated carbocycles. The van der Waals surface area contributed by atoms with Crippen molar-refractivity contribution in [1.29, 1.82) is 0 Å². The standard InChI is InChI=1S/C23H23NO5/c1-4-15(24-2)11-8-9-12-14(10-11)22(27)18-19(20(12)25)23(28)17-13(21(18)26)6-5-7-16(17)29-3/h5-7,11,25,27H,4,8-10H2,1-3H3. The molecule has 1 atom stereocenters. The number of fused-ring (bicyclic) bond motifs is 3. The van der Waals surface area contributed by atoms with Crippen LogP contribution in [-0.4, -0.2) is 41.6 Å². The Morgan fingerprint density at radius 2 is 1.79 bits per heavy atom. The molecule has 0 spiro atoms. The molecule has 0 radical (unpaired) electrons. The highest BCUT2D eigenvalue weighted by atomic mass is 16.5. The first-order valence-electron chi connectivity index (χ1n) is 9.76. The van der Waals surface area contributed by atoms with Crippen molar-refractivity contribution in [2.24, 2.45) is 10.9 Å². The minimum Gasteiger partial charge on any atom is -0.507 e. The van der Waals surface area contributed by atoms with Gasteiger partial charge in [0.25, 0.3) is 0 Å². The van der Waals surface area contributed by atoms with Crippen LogP contribution in [0, 0.1) is 5.92 Å². The van der Waals surface area contributed by atoms with Crippen LogP contribution in [-0.2, 0) is 12.8 Å². The lowest BCUT2D eigenvalue weighted by atomic mass is 9.74. The number of hydrogen-bond donors (Lipinski definition) is 2. The van der Waals surface area contributed by atoms with Crippen molar-refractivity contribution < 1.29 is 24.5 Å². The average molecular weight is 393 g/mol. The van der Waals surface area contributed by atoms with Crippen LogP contribution in [0.15, 0.2) is 23.2 Å². The fraction of sp³-hybridized carbons (Fsp3) is 0.348. The first-order chi connectivity index (χ1) is 13.9. The first-order valence-corrected chi connectivity index (χ1v) is 9.76. The van der Waals surface area contributed by atoms with Crippen LogP contribution in [0.4, 0.5) is 0 Å². The van der Waals surface area contributed by atoms with Gasteiger partial charge in [-0.3, -0.25) is 14.6 Å². The van der Waals surface area contributed by atoms with Crippen molar-refractivity contribution in [2.75, 3.05) is 14.2 Å². The molecule has 2 aromatic carbocycles. The second-order valence-electron chi connectivity index (χ2n) is 7.45. The molecule has 6 nitrogen and oxygen atoms in total. The number of phenolic OH excluding ortho intramolecular Hbond substituents is 2. The summed E-state index contributed by atoms with van der Waals surface area (Å²) < 4.78 is 5.26. The summed E-state index contributed by atoms with van der Waals surface area (Å²) in [7, 11) is 3.18. The SMILES string of the molecule is CCC(=NC)C1CCc2c(O)c3c(c(O)c2C1)C(=O)c1cccc(OC)c1C3=O. The van der Waals surface area contributed by atoms with Crippen LogP contribution >= 0.6 is 0 Å². The minimum absolute atomic E-state index is 0.112. The fourth-order valence-corrected chi connectivity index (χ4v) is 4.72. The molecule has 0 aliphatic heterocycles. The summed E-state index contributed by atoms with van der Waals surface area (Å²) in [5, 5.41) is 22.0. The van der Waals surface area contributed by atoms with Crippen molar-refractivity contribution in [3.63, 3.8) is 0 Å². The maximum atomic E-state index is 13.2. The van der Waals surface area contributed by atoms with Gasteiger partial charge in [-0.25, -0.2) is 0 Å². The number of methoxy groups -OCH3 is 1. The van der Waals surface area contributed by atoms with Gasteiger partial charge in [-0.05, 0) is 31.7 Å². The fourth-order valence-electron chi connectivity index (χ4n) is 4.72. The van der Waals surface area contributed by atoms with Crippen LogP contribution in [0.1, 0.15) is 62.7 Å². The van der Waals surface area contributed by atoms with E-state index in [2.05, 4.69) is 4.99 Å². The van der Waals surface area contributed by atoms with Crippen LogP contribution in [0.2, 0.25) is 0 Å². The third-order valence-electron chi connectivity index (χ3n) is 6.15. The maximum Gasteiger partial charge on any atom is 0.202 e. The van der Waals surface area contributed by atoms with Crippen molar-refractivity contribution in [3.05, 3.63) is 51.6 Å². The topological polar surface area (TPSA) is 96.2 Å². The van der Waals surface area contributed by atoms with Gasteiger partial charge in [0.1, 0.15) is 17.2 Å². The smallest absolute Gasteiger partial charge is 0.202 e. The van der Waals surface area contributed by atoms with E-state index in [0.29, 0.717) is 24.0 Å². The molecule has 1 unspecified atom stereocenters. The first kappa shape index (κ1) is 19.2. The monoisotopic (exact) mass is 393 g/mol. The van der Waals surface area contributed by atoms with Crippen molar-refractivity contribution in [1.82, 2.24) is 0 Å². The number of benzene rings is 2. The molecule has 6 heteroatoms. The molecule has 4 rings (SSSR count). The average Bonchev–Trinajstić information content (AvgIpc) is 2.74. The van der Waals surface area contributed by atoms with Crippen molar-refractivity contribution >= 4 is 17.3 Å². The van der Waals surface area contributed by atoms with Crippen molar-refractivity contribution in [2.45, 2.75) is 32.6 Å². The molecular weight excluding hydrogens is 370 g/mol. The van der Waals surface area contributed by atoms with Gasteiger partial charge < -0.3 is 14.9 Å². The Hall–Kier alpha value is -3.15. The minimum atomic E-state index is -0.505. The highest BCUT2D eigenvalue weighted by molar-refractivity contribution is 6.31. The zero-order valence-corrected chi connectivity index (χ0v) is 16.7. The van der Waals surface area contributed by atoms with Gasteiger partial charge in [-0.1, -0.05) is 19.1 Å². The van der Waals surface area contributed by atoms with E-state index >= 15 is 0 Å². The van der Waals surface area contributed by atoms with E-state index < -0.39 is 11.6 Å². The molecule has 2 aliphatic rings. The predicted molar refractivity (Wildman–Crippen MR) is 109 cm³/mol. The molecule has 0 aromatic heterocycles. The Labute approximate surface area is 168 Å². The zero-order chi connectivity index (χ0) is 20.9. The molecule has 0 amide bonds. The highest BCUT2D eigenvalue weighted by Gasteiger charge is 2.40. The normalized spacial score (nSPS) is 18.2. The molecule has 29 heavy (non-hydrogen) atoms. The van der Waals surface area contributed by atoms with E-state index in [0.717, 1.165) is 18.6 Å². The molecule has 0 bridgehead atoms. The van der Waals surface area contributed by atoms with E-state index in [1.165, 1.54) is 7.11 Å². The van der Waals surface area contributed by atoms with E-state index in [1.807, 2.05) is 6.92 Å². The van der Waals surface area contributed by atoms with Crippen LogP contribution in [0.5, 0.6) is 17.2 Å². The third kappa shape index (κ3) is 2.66. The van der Waals surface area contributed by atoms with Crippen molar-refractivity contribution in [3.8, 4) is 17.2 Å². The molecule has 0 saturated heterocycles. The van der Waals surface area contributed by atoms with Crippen LogP contribution < -0.4 is 4.74 Å². The lowest BCUT2D eigenvalue weighted by Crippen LogP contribution is -2.27. The number of phenols is 2. The molecule has 0 heterocycles. The second-order valence-corrected chi connectivity index (χ2v) is 7.45. The van der Waals surface area contributed by atoms with E-state index in [4.69, 9.17) is 4.74 Å². The Kier molecular flexibility index (Phi) is 4.65.